The summed E-state index contributed by atoms with van der Waals surface area (Å²) in [6, 6.07) is 0.161. The van der Waals surface area contributed by atoms with Crippen LogP contribution < -0.4 is 5.32 Å². The van der Waals surface area contributed by atoms with Crippen LogP contribution in [0.5, 0.6) is 0 Å². The van der Waals surface area contributed by atoms with E-state index in [-0.39, 0.29) is 11.6 Å². The Balaban J connectivity index is 2.09. The van der Waals surface area contributed by atoms with E-state index in [1.807, 2.05) is 6.92 Å². The van der Waals surface area contributed by atoms with Crippen LogP contribution in [-0.2, 0) is 0 Å². The van der Waals surface area contributed by atoms with E-state index in [1.165, 1.54) is 0 Å². The topological polar surface area (TPSA) is 15.3 Å². The molecule has 1 aliphatic carbocycles. The van der Waals surface area contributed by atoms with Crippen molar-refractivity contribution in [1.82, 2.24) is 10.2 Å². The maximum atomic E-state index is 12.5. The number of alkyl halides is 3. The highest BCUT2D eigenvalue weighted by Crippen LogP contribution is 2.38. The Morgan fingerprint density at radius 1 is 1.31 bits per heavy atom. The van der Waals surface area contributed by atoms with Gasteiger partial charge in [-0.25, -0.2) is 0 Å². The zero-order chi connectivity index (χ0) is 11.8. The van der Waals surface area contributed by atoms with Gasteiger partial charge in [0.05, 0.1) is 6.54 Å². The molecule has 2 rings (SSSR count). The molecule has 1 saturated heterocycles. The summed E-state index contributed by atoms with van der Waals surface area (Å²) in [6.45, 7) is 2.42. The van der Waals surface area contributed by atoms with Crippen molar-refractivity contribution in [2.24, 2.45) is 0 Å². The molecule has 2 fully saturated rings. The number of hydrogen-bond donors (Lipinski definition) is 1. The zero-order valence-electron chi connectivity index (χ0n) is 9.61. The molecular formula is C11H19F3N2. The van der Waals surface area contributed by atoms with Crippen LogP contribution in [0.1, 0.15) is 32.6 Å². The van der Waals surface area contributed by atoms with Gasteiger partial charge in [-0.3, -0.25) is 4.90 Å². The summed E-state index contributed by atoms with van der Waals surface area (Å²) in [7, 11) is 0. The summed E-state index contributed by atoms with van der Waals surface area (Å²) in [5.41, 5.74) is -0.220. The standard InChI is InChI=1S/C11H19F3N2/c1-9-6-16(8-11(12,13)14)10(7-15-9)4-2-3-5-10/h9,15H,2-8H2,1H3. The van der Waals surface area contributed by atoms with Crippen LogP contribution >= 0.6 is 0 Å². The van der Waals surface area contributed by atoms with Crippen LogP contribution in [0.4, 0.5) is 13.2 Å². The summed E-state index contributed by atoms with van der Waals surface area (Å²) in [4.78, 5) is 1.67. The fraction of sp³-hybridized carbons (Fsp3) is 1.00. The smallest absolute Gasteiger partial charge is 0.311 e. The third kappa shape index (κ3) is 2.51. The molecule has 1 saturated carbocycles. The lowest BCUT2D eigenvalue weighted by Crippen LogP contribution is -2.64. The van der Waals surface area contributed by atoms with Crippen LogP contribution in [0, 0.1) is 0 Å². The Kier molecular flexibility index (Phi) is 3.18. The first-order valence-electron chi connectivity index (χ1n) is 5.97. The van der Waals surface area contributed by atoms with Crippen molar-refractivity contribution < 1.29 is 13.2 Å². The van der Waals surface area contributed by atoms with Gasteiger partial charge in [-0.05, 0) is 19.8 Å². The van der Waals surface area contributed by atoms with Crippen LogP contribution in [0.25, 0.3) is 0 Å². The first-order chi connectivity index (χ1) is 7.41. The van der Waals surface area contributed by atoms with Gasteiger partial charge in [-0.1, -0.05) is 12.8 Å². The fourth-order valence-electron chi connectivity index (χ4n) is 3.04. The van der Waals surface area contributed by atoms with E-state index in [9.17, 15) is 13.2 Å². The third-order valence-corrected chi connectivity index (χ3v) is 3.85. The second-order valence-corrected chi connectivity index (χ2v) is 5.21. The third-order valence-electron chi connectivity index (χ3n) is 3.85. The first-order valence-corrected chi connectivity index (χ1v) is 5.97. The van der Waals surface area contributed by atoms with Gasteiger partial charge in [-0.2, -0.15) is 13.2 Å². The zero-order valence-corrected chi connectivity index (χ0v) is 9.61. The second kappa shape index (κ2) is 4.18. The second-order valence-electron chi connectivity index (χ2n) is 5.21. The Bertz CT molecular complexity index is 246. The average Bonchev–Trinajstić information content (AvgIpc) is 2.59. The van der Waals surface area contributed by atoms with Gasteiger partial charge < -0.3 is 5.32 Å². The molecule has 16 heavy (non-hydrogen) atoms. The quantitative estimate of drug-likeness (QED) is 0.750. The summed E-state index contributed by atoms with van der Waals surface area (Å²) < 4.78 is 37.6. The number of piperazine rings is 1. The van der Waals surface area contributed by atoms with E-state index in [1.54, 1.807) is 4.90 Å². The molecule has 2 nitrogen and oxygen atoms in total. The minimum Gasteiger partial charge on any atom is -0.311 e. The van der Waals surface area contributed by atoms with Crippen LogP contribution in [0.3, 0.4) is 0 Å². The minimum atomic E-state index is -4.08. The Morgan fingerprint density at radius 3 is 2.50 bits per heavy atom. The number of rotatable bonds is 1. The van der Waals surface area contributed by atoms with Crippen molar-refractivity contribution >= 4 is 0 Å². The van der Waals surface area contributed by atoms with E-state index in [0.717, 1.165) is 25.7 Å². The van der Waals surface area contributed by atoms with Gasteiger partial charge in [0.25, 0.3) is 0 Å². The van der Waals surface area contributed by atoms with Gasteiger partial charge in [0.15, 0.2) is 0 Å². The molecule has 0 aromatic carbocycles. The van der Waals surface area contributed by atoms with Crippen molar-refractivity contribution in [3.63, 3.8) is 0 Å². The normalized spacial score (nSPS) is 31.1. The Morgan fingerprint density at radius 2 is 1.94 bits per heavy atom. The van der Waals surface area contributed by atoms with Crippen molar-refractivity contribution in [2.45, 2.75) is 50.4 Å². The van der Waals surface area contributed by atoms with Crippen molar-refractivity contribution in [3.05, 3.63) is 0 Å². The van der Waals surface area contributed by atoms with E-state index in [2.05, 4.69) is 5.32 Å². The van der Waals surface area contributed by atoms with E-state index in [0.29, 0.717) is 13.1 Å². The number of nitrogens with one attached hydrogen (secondary N) is 1. The highest BCUT2D eigenvalue weighted by molar-refractivity contribution is 5.01. The number of hydrogen-bond acceptors (Lipinski definition) is 2. The van der Waals surface area contributed by atoms with E-state index < -0.39 is 12.7 Å². The molecule has 1 N–H and O–H groups in total. The molecule has 1 unspecified atom stereocenters. The minimum absolute atomic E-state index is 0.161. The lowest BCUT2D eigenvalue weighted by atomic mass is 9.91. The van der Waals surface area contributed by atoms with Crippen LogP contribution in [0.2, 0.25) is 0 Å². The lowest BCUT2D eigenvalue weighted by molar-refractivity contribution is -0.163. The van der Waals surface area contributed by atoms with E-state index in [4.69, 9.17) is 0 Å². The van der Waals surface area contributed by atoms with Crippen molar-refractivity contribution in [2.75, 3.05) is 19.6 Å². The van der Waals surface area contributed by atoms with Gasteiger partial charge in [0.2, 0.25) is 0 Å². The monoisotopic (exact) mass is 236 g/mol. The molecule has 1 aliphatic heterocycles. The first kappa shape index (κ1) is 12.2. The Labute approximate surface area is 94.2 Å². The molecule has 1 atom stereocenters. The van der Waals surface area contributed by atoms with Crippen molar-refractivity contribution in [1.29, 1.82) is 0 Å². The summed E-state index contributed by atoms with van der Waals surface area (Å²) >= 11 is 0. The molecule has 1 heterocycles. The summed E-state index contributed by atoms with van der Waals surface area (Å²) in [5.74, 6) is 0. The fourth-order valence-corrected chi connectivity index (χ4v) is 3.04. The van der Waals surface area contributed by atoms with Gasteiger partial charge in [0.1, 0.15) is 0 Å². The summed E-state index contributed by atoms with van der Waals surface area (Å²) in [6.07, 6.45) is -0.146. The predicted octanol–water partition coefficient (Wildman–Crippen LogP) is 2.16. The average molecular weight is 236 g/mol. The lowest BCUT2D eigenvalue weighted by Gasteiger charge is -2.47. The highest BCUT2D eigenvalue weighted by atomic mass is 19.4. The maximum Gasteiger partial charge on any atom is 0.401 e. The molecule has 0 amide bonds. The van der Waals surface area contributed by atoms with Crippen LogP contribution in [0.15, 0.2) is 0 Å². The molecule has 5 heteroatoms. The van der Waals surface area contributed by atoms with Gasteiger partial charge in [0, 0.05) is 24.7 Å². The molecule has 0 radical (unpaired) electrons. The largest absolute Gasteiger partial charge is 0.401 e. The SMILES string of the molecule is CC1CN(CC(F)(F)F)C2(CCCC2)CN1. The molecule has 0 aromatic rings. The molecule has 1 spiro atoms. The van der Waals surface area contributed by atoms with Crippen molar-refractivity contribution in [3.8, 4) is 0 Å². The Hall–Kier alpha value is -0.290. The van der Waals surface area contributed by atoms with Gasteiger partial charge in [-0.15, -0.1) is 0 Å². The molecule has 0 bridgehead atoms. The molecule has 2 aliphatic rings. The number of halogens is 3. The van der Waals surface area contributed by atoms with E-state index >= 15 is 0 Å². The van der Waals surface area contributed by atoms with Gasteiger partial charge >= 0.3 is 6.18 Å². The highest BCUT2D eigenvalue weighted by Gasteiger charge is 2.46. The number of nitrogens with zero attached hydrogens (tertiary/aromatic N) is 1. The molecular weight excluding hydrogens is 217 g/mol. The molecule has 94 valence electrons. The maximum absolute atomic E-state index is 12.5. The summed E-state index contributed by atoms with van der Waals surface area (Å²) in [5, 5.41) is 3.32. The predicted molar refractivity (Wildman–Crippen MR) is 56.3 cm³/mol. The molecule has 0 aromatic heterocycles. The van der Waals surface area contributed by atoms with Crippen LogP contribution in [-0.4, -0.2) is 42.3 Å².